The number of aromatic nitrogens is 1. The molecule has 112 valence electrons. The lowest BCUT2D eigenvalue weighted by Crippen LogP contribution is -2.42. The molecule has 1 heterocycles. The first-order valence-electron chi connectivity index (χ1n) is 6.45. The molecule has 1 aromatic rings. The molecule has 20 heavy (non-hydrogen) atoms. The van der Waals surface area contributed by atoms with E-state index in [9.17, 15) is 9.59 Å². The largest absolute Gasteiger partial charge is 0.383 e. The van der Waals surface area contributed by atoms with Crippen molar-refractivity contribution >= 4 is 17.6 Å². The van der Waals surface area contributed by atoms with Gasteiger partial charge in [0, 0.05) is 25.6 Å². The van der Waals surface area contributed by atoms with E-state index < -0.39 is 0 Å². The van der Waals surface area contributed by atoms with Gasteiger partial charge in [-0.2, -0.15) is 0 Å². The van der Waals surface area contributed by atoms with Gasteiger partial charge in [-0.1, -0.05) is 19.0 Å². The summed E-state index contributed by atoms with van der Waals surface area (Å²) >= 11 is 0. The number of amides is 2. The Balaban J connectivity index is 2.59. The van der Waals surface area contributed by atoms with Crippen LogP contribution < -0.4 is 5.32 Å². The molecule has 0 atom stereocenters. The zero-order valence-electron chi connectivity index (χ0n) is 12.3. The molecule has 1 aromatic heterocycles. The van der Waals surface area contributed by atoms with Gasteiger partial charge in [0.1, 0.15) is 5.76 Å². The maximum atomic E-state index is 12.0. The Morgan fingerprint density at radius 2 is 2.20 bits per heavy atom. The number of hydrogen-bond acceptors (Lipinski definition) is 5. The average molecular weight is 283 g/mol. The molecule has 2 amide bonds. The second-order valence-electron chi connectivity index (χ2n) is 4.78. The first kappa shape index (κ1) is 16.2. The highest BCUT2D eigenvalue weighted by Gasteiger charge is 2.20. The molecule has 0 aliphatic rings. The second-order valence-corrected chi connectivity index (χ2v) is 4.78. The van der Waals surface area contributed by atoms with E-state index in [1.54, 1.807) is 33.9 Å². The van der Waals surface area contributed by atoms with Crippen LogP contribution in [0.3, 0.4) is 0 Å². The van der Waals surface area contributed by atoms with Gasteiger partial charge in [-0.3, -0.25) is 9.59 Å². The highest BCUT2D eigenvalue weighted by Crippen LogP contribution is 2.07. The van der Waals surface area contributed by atoms with Crippen molar-refractivity contribution in [2.45, 2.75) is 20.8 Å². The van der Waals surface area contributed by atoms with Crippen LogP contribution in [-0.2, 0) is 14.3 Å². The number of anilines is 1. The predicted molar refractivity (Wildman–Crippen MR) is 73.2 cm³/mol. The Morgan fingerprint density at radius 3 is 2.70 bits per heavy atom. The molecule has 0 radical (unpaired) electrons. The maximum Gasteiger partial charge on any atom is 0.245 e. The summed E-state index contributed by atoms with van der Waals surface area (Å²) < 4.78 is 9.81. The molecule has 0 saturated carbocycles. The van der Waals surface area contributed by atoms with Crippen LogP contribution in [0.1, 0.15) is 19.6 Å². The minimum absolute atomic E-state index is 0.0354. The number of carbonyl (C=O) groups excluding carboxylic acids is 2. The van der Waals surface area contributed by atoms with E-state index in [1.807, 2.05) is 0 Å². The number of hydrogen-bond donors (Lipinski definition) is 1. The Hall–Kier alpha value is -1.89. The second kappa shape index (κ2) is 7.64. The van der Waals surface area contributed by atoms with E-state index in [-0.39, 0.29) is 24.3 Å². The predicted octanol–water partition coefficient (Wildman–Crippen LogP) is 1.05. The van der Waals surface area contributed by atoms with Crippen molar-refractivity contribution in [2.24, 2.45) is 5.92 Å². The maximum absolute atomic E-state index is 12.0. The topological polar surface area (TPSA) is 84.7 Å². The van der Waals surface area contributed by atoms with Crippen molar-refractivity contribution in [3.05, 3.63) is 11.8 Å². The summed E-state index contributed by atoms with van der Waals surface area (Å²) in [5.74, 6) is 0.372. The van der Waals surface area contributed by atoms with Crippen LogP contribution in [0.15, 0.2) is 10.6 Å². The van der Waals surface area contributed by atoms with Crippen LogP contribution in [0, 0.1) is 12.8 Å². The lowest BCUT2D eigenvalue weighted by Gasteiger charge is -2.23. The van der Waals surface area contributed by atoms with Gasteiger partial charge in [0.05, 0.1) is 13.2 Å². The van der Waals surface area contributed by atoms with E-state index in [1.165, 1.54) is 4.90 Å². The molecule has 0 bridgehead atoms. The van der Waals surface area contributed by atoms with Gasteiger partial charge in [0.25, 0.3) is 0 Å². The van der Waals surface area contributed by atoms with E-state index in [0.29, 0.717) is 24.7 Å². The molecule has 0 spiro atoms. The summed E-state index contributed by atoms with van der Waals surface area (Å²) in [5.41, 5.74) is 0. The molecule has 0 unspecified atom stereocenters. The van der Waals surface area contributed by atoms with Crippen molar-refractivity contribution in [1.29, 1.82) is 0 Å². The van der Waals surface area contributed by atoms with Crippen LogP contribution >= 0.6 is 0 Å². The highest BCUT2D eigenvalue weighted by atomic mass is 16.5. The lowest BCUT2D eigenvalue weighted by molar-refractivity contribution is -0.138. The van der Waals surface area contributed by atoms with E-state index in [4.69, 9.17) is 9.26 Å². The normalized spacial score (nSPS) is 10.7. The summed E-state index contributed by atoms with van der Waals surface area (Å²) in [7, 11) is 1.55. The molecule has 7 heteroatoms. The molecule has 0 saturated heterocycles. The fourth-order valence-corrected chi connectivity index (χ4v) is 1.61. The SMILES string of the molecule is COCCN(CC(=O)Nc1cc(C)on1)C(=O)C(C)C. The molecular formula is C13H21N3O4. The standard InChI is InChI=1S/C13H21N3O4/c1-9(2)13(18)16(5-6-19-4)8-12(17)14-11-7-10(3)20-15-11/h7,9H,5-6,8H2,1-4H3,(H,14,15,17). The Kier molecular flexibility index (Phi) is 6.17. The van der Waals surface area contributed by atoms with Crippen molar-refractivity contribution in [3.8, 4) is 0 Å². The number of nitrogens with zero attached hydrogens (tertiary/aromatic N) is 2. The van der Waals surface area contributed by atoms with Gasteiger partial charge >= 0.3 is 0 Å². The Bertz CT molecular complexity index is 456. The van der Waals surface area contributed by atoms with Crippen LogP contribution in [0.4, 0.5) is 5.82 Å². The molecule has 1 rings (SSSR count). The van der Waals surface area contributed by atoms with E-state index in [0.717, 1.165) is 0 Å². The van der Waals surface area contributed by atoms with Crippen molar-refractivity contribution in [2.75, 3.05) is 32.1 Å². The first-order chi connectivity index (χ1) is 9.43. The third-order valence-electron chi connectivity index (χ3n) is 2.60. The van der Waals surface area contributed by atoms with Gasteiger partial charge in [-0.15, -0.1) is 0 Å². The molecule has 0 aliphatic heterocycles. The first-order valence-corrected chi connectivity index (χ1v) is 6.45. The zero-order valence-corrected chi connectivity index (χ0v) is 12.3. The van der Waals surface area contributed by atoms with Gasteiger partial charge in [0.2, 0.25) is 11.8 Å². The van der Waals surface area contributed by atoms with Crippen LogP contribution in [0.5, 0.6) is 0 Å². The molecule has 0 aromatic carbocycles. The molecule has 7 nitrogen and oxygen atoms in total. The smallest absolute Gasteiger partial charge is 0.245 e. The molecule has 0 fully saturated rings. The minimum atomic E-state index is -0.316. The quantitative estimate of drug-likeness (QED) is 0.808. The van der Waals surface area contributed by atoms with E-state index >= 15 is 0 Å². The monoisotopic (exact) mass is 283 g/mol. The Labute approximate surface area is 118 Å². The average Bonchev–Trinajstić information content (AvgIpc) is 2.78. The van der Waals surface area contributed by atoms with Crippen LogP contribution in [0.2, 0.25) is 0 Å². The summed E-state index contributed by atoms with van der Waals surface area (Å²) in [6, 6.07) is 1.61. The van der Waals surface area contributed by atoms with Crippen LogP contribution in [-0.4, -0.2) is 48.7 Å². The van der Waals surface area contributed by atoms with Crippen LogP contribution in [0.25, 0.3) is 0 Å². The number of rotatable bonds is 7. The third-order valence-corrected chi connectivity index (χ3v) is 2.60. The van der Waals surface area contributed by atoms with Crippen molar-refractivity contribution in [3.63, 3.8) is 0 Å². The number of ether oxygens (including phenoxy) is 1. The fraction of sp³-hybridized carbons (Fsp3) is 0.615. The number of aryl methyl sites for hydroxylation is 1. The fourth-order valence-electron chi connectivity index (χ4n) is 1.61. The highest BCUT2D eigenvalue weighted by molar-refractivity contribution is 5.94. The molecule has 1 N–H and O–H groups in total. The van der Waals surface area contributed by atoms with Gasteiger partial charge in [-0.25, -0.2) is 0 Å². The summed E-state index contributed by atoms with van der Waals surface area (Å²) in [6.07, 6.45) is 0. The van der Waals surface area contributed by atoms with E-state index in [2.05, 4.69) is 10.5 Å². The third kappa shape index (κ3) is 5.00. The number of methoxy groups -OCH3 is 1. The molecule has 0 aliphatic carbocycles. The summed E-state index contributed by atoms with van der Waals surface area (Å²) in [5, 5.41) is 6.26. The Morgan fingerprint density at radius 1 is 1.50 bits per heavy atom. The summed E-state index contributed by atoms with van der Waals surface area (Å²) in [4.78, 5) is 25.4. The summed E-state index contributed by atoms with van der Waals surface area (Å²) in [6.45, 7) is 6.04. The number of nitrogens with one attached hydrogen (secondary N) is 1. The molecular weight excluding hydrogens is 262 g/mol. The number of carbonyl (C=O) groups is 2. The van der Waals surface area contributed by atoms with Gasteiger partial charge in [0.15, 0.2) is 5.82 Å². The van der Waals surface area contributed by atoms with Crippen molar-refractivity contribution < 1.29 is 18.8 Å². The van der Waals surface area contributed by atoms with Gasteiger partial charge in [-0.05, 0) is 6.92 Å². The lowest BCUT2D eigenvalue weighted by atomic mass is 10.2. The van der Waals surface area contributed by atoms with Crippen molar-refractivity contribution in [1.82, 2.24) is 10.1 Å². The zero-order chi connectivity index (χ0) is 15.1. The van der Waals surface area contributed by atoms with Gasteiger partial charge < -0.3 is 19.5 Å². The minimum Gasteiger partial charge on any atom is -0.383 e.